The largest absolute Gasteiger partial charge is 0.377 e. The van der Waals surface area contributed by atoms with E-state index in [9.17, 15) is 4.79 Å². The first-order chi connectivity index (χ1) is 8.65. The third kappa shape index (κ3) is 4.83. The molecule has 18 heavy (non-hydrogen) atoms. The zero-order valence-electron chi connectivity index (χ0n) is 10.5. The molecule has 8 nitrogen and oxygen atoms in total. The van der Waals surface area contributed by atoms with Crippen molar-refractivity contribution in [2.45, 2.75) is 6.61 Å². The standard InChI is InChI=1S/C10H18N6O2/c1-12-7-5-8(13-3-4-14-10(11)17)16-9(15-7)6-18-2/h5H,3-4,6H2,1-2H3,(H3,11,14,17)(H2,12,13,15,16). The summed E-state index contributed by atoms with van der Waals surface area (Å²) in [5, 5.41) is 8.47. The van der Waals surface area contributed by atoms with Crippen LogP contribution in [0.3, 0.4) is 0 Å². The number of rotatable bonds is 7. The number of aromatic nitrogens is 2. The molecule has 1 heterocycles. The number of amides is 2. The lowest BCUT2D eigenvalue weighted by molar-refractivity contribution is 0.178. The molecule has 0 saturated heterocycles. The monoisotopic (exact) mass is 254 g/mol. The van der Waals surface area contributed by atoms with Gasteiger partial charge in [0.05, 0.1) is 0 Å². The van der Waals surface area contributed by atoms with Gasteiger partial charge >= 0.3 is 6.03 Å². The lowest BCUT2D eigenvalue weighted by Crippen LogP contribution is -2.33. The van der Waals surface area contributed by atoms with Gasteiger partial charge in [0.25, 0.3) is 0 Å². The molecule has 0 aliphatic carbocycles. The van der Waals surface area contributed by atoms with Crippen LogP contribution >= 0.6 is 0 Å². The lowest BCUT2D eigenvalue weighted by Gasteiger charge is -2.09. The minimum Gasteiger partial charge on any atom is -0.377 e. The second-order valence-electron chi connectivity index (χ2n) is 3.46. The van der Waals surface area contributed by atoms with Crippen molar-refractivity contribution >= 4 is 17.7 Å². The summed E-state index contributed by atoms with van der Waals surface area (Å²) >= 11 is 0. The predicted molar refractivity (Wildman–Crippen MR) is 68.4 cm³/mol. The molecule has 8 heteroatoms. The van der Waals surface area contributed by atoms with Crippen molar-refractivity contribution in [1.82, 2.24) is 15.3 Å². The lowest BCUT2D eigenvalue weighted by atomic mass is 10.4. The molecule has 5 N–H and O–H groups in total. The second-order valence-corrected chi connectivity index (χ2v) is 3.46. The topological polar surface area (TPSA) is 114 Å². The highest BCUT2D eigenvalue weighted by Crippen LogP contribution is 2.10. The van der Waals surface area contributed by atoms with Gasteiger partial charge in [-0.2, -0.15) is 0 Å². The van der Waals surface area contributed by atoms with Crippen LogP contribution in [0.15, 0.2) is 6.07 Å². The van der Waals surface area contributed by atoms with Crippen molar-refractivity contribution in [3.63, 3.8) is 0 Å². The molecule has 0 unspecified atom stereocenters. The summed E-state index contributed by atoms with van der Waals surface area (Å²) in [5.74, 6) is 1.93. The van der Waals surface area contributed by atoms with Crippen molar-refractivity contribution in [2.75, 3.05) is 37.9 Å². The molecule has 0 aliphatic heterocycles. The molecule has 0 saturated carbocycles. The predicted octanol–water partition coefficient (Wildman–Crippen LogP) is -0.255. The number of hydrogen-bond acceptors (Lipinski definition) is 6. The van der Waals surface area contributed by atoms with Crippen molar-refractivity contribution in [3.8, 4) is 0 Å². The van der Waals surface area contributed by atoms with Crippen LogP contribution in [0.25, 0.3) is 0 Å². The quantitative estimate of drug-likeness (QED) is 0.499. The van der Waals surface area contributed by atoms with E-state index in [1.165, 1.54) is 0 Å². The van der Waals surface area contributed by atoms with Crippen LogP contribution in [0.5, 0.6) is 0 Å². The molecule has 0 aromatic carbocycles. The Morgan fingerprint density at radius 3 is 2.72 bits per heavy atom. The Bertz CT molecular complexity index is 398. The van der Waals surface area contributed by atoms with Gasteiger partial charge in [-0.15, -0.1) is 0 Å². The molecule has 0 atom stereocenters. The summed E-state index contributed by atoms with van der Waals surface area (Å²) in [6, 6.07) is 1.22. The number of primary amides is 1. The maximum atomic E-state index is 10.5. The molecule has 1 aromatic rings. The van der Waals surface area contributed by atoms with Crippen molar-refractivity contribution in [3.05, 3.63) is 11.9 Å². The Hall–Kier alpha value is -2.09. The van der Waals surface area contributed by atoms with Crippen LogP contribution in [0.2, 0.25) is 0 Å². The van der Waals surface area contributed by atoms with Gasteiger partial charge in [-0.25, -0.2) is 14.8 Å². The average molecular weight is 254 g/mol. The molecular weight excluding hydrogens is 236 g/mol. The van der Waals surface area contributed by atoms with Crippen molar-refractivity contribution in [2.24, 2.45) is 5.73 Å². The van der Waals surface area contributed by atoms with Gasteiger partial charge in [0, 0.05) is 33.3 Å². The van der Waals surface area contributed by atoms with Gasteiger partial charge in [-0.3, -0.25) is 0 Å². The van der Waals surface area contributed by atoms with Crippen LogP contribution in [-0.4, -0.2) is 43.2 Å². The summed E-state index contributed by atoms with van der Waals surface area (Å²) in [4.78, 5) is 19.0. The second kappa shape index (κ2) is 7.28. The number of hydrogen-bond donors (Lipinski definition) is 4. The maximum absolute atomic E-state index is 10.5. The number of nitrogens with one attached hydrogen (secondary N) is 3. The van der Waals surface area contributed by atoms with E-state index in [0.29, 0.717) is 37.2 Å². The number of carbonyl (C=O) groups is 1. The maximum Gasteiger partial charge on any atom is 0.312 e. The van der Waals surface area contributed by atoms with Gasteiger partial charge < -0.3 is 26.4 Å². The zero-order valence-corrected chi connectivity index (χ0v) is 10.5. The SMILES string of the molecule is CNc1cc(NCCNC(N)=O)nc(COC)n1. The molecular formula is C10H18N6O2. The van der Waals surface area contributed by atoms with E-state index in [0.717, 1.165) is 0 Å². The molecule has 1 aromatic heterocycles. The first kappa shape index (κ1) is 14.0. The van der Waals surface area contributed by atoms with Crippen LogP contribution < -0.4 is 21.7 Å². The summed E-state index contributed by atoms with van der Waals surface area (Å²) in [7, 11) is 3.36. The van der Waals surface area contributed by atoms with Crippen molar-refractivity contribution in [1.29, 1.82) is 0 Å². The van der Waals surface area contributed by atoms with Crippen molar-refractivity contribution < 1.29 is 9.53 Å². The minimum atomic E-state index is -0.546. The summed E-state index contributed by atoms with van der Waals surface area (Å²) in [5.41, 5.74) is 4.95. The van der Waals surface area contributed by atoms with Crippen LogP contribution in [-0.2, 0) is 11.3 Å². The number of nitrogens with zero attached hydrogens (tertiary/aromatic N) is 2. The van der Waals surface area contributed by atoms with Gasteiger partial charge in [-0.1, -0.05) is 0 Å². The Balaban J connectivity index is 2.57. The smallest absolute Gasteiger partial charge is 0.312 e. The van der Waals surface area contributed by atoms with E-state index in [1.54, 1.807) is 20.2 Å². The highest BCUT2D eigenvalue weighted by Gasteiger charge is 2.03. The molecule has 100 valence electrons. The normalized spacial score (nSPS) is 9.89. The number of anilines is 2. The molecule has 1 rings (SSSR count). The fourth-order valence-electron chi connectivity index (χ4n) is 1.29. The van der Waals surface area contributed by atoms with E-state index >= 15 is 0 Å². The molecule has 0 radical (unpaired) electrons. The van der Waals surface area contributed by atoms with Gasteiger partial charge in [0.1, 0.15) is 18.2 Å². The highest BCUT2D eigenvalue weighted by molar-refractivity contribution is 5.71. The summed E-state index contributed by atoms with van der Waals surface area (Å²) in [6.07, 6.45) is 0. The Labute approximate surface area is 105 Å². The van der Waals surface area contributed by atoms with Crippen LogP contribution in [0.4, 0.5) is 16.4 Å². The van der Waals surface area contributed by atoms with Crippen LogP contribution in [0.1, 0.15) is 5.82 Å². The average Bonchev–Trinajstić information content (AvgIpc) is 2.34. The third-order valence-corrected chi connectivity index (χ3v) is 2.03. The minimum absolute atomic E-state index is 0.337. The Kier molecular flexibility index (Phi) is 5.65. The van der Waals surface area contributed by atoms with E-state index in [-0.39, 0.29) is 0 Å². The number of ether oxygens (including phenoxy) is 1. The van der Waals surface area contributed by atoms with Crippen LogP contribution in [0, 0.1) is 0 Å². The molecule has 2 amide bonds. The highest BCUT2D eigenvalue weighted by atomic mass is 16.5. The van der Waals surface area contributed by atoms with E-state index < -0.39 is 6.03 Å². The van der Waals surface area contributed by atoms with E-state index in [2.05, 4.69) is 25.9 Å². The number of urea groups is 1. The summed E-state index contributed by atoms with van der Waals surface area (Å²) in [6.45, 7) is 1.28. The van der Waals surface area contributed by atoms with E-state index in [4.69, 9.17) is 10.5 Å². The first-order valence-corrected chi connectivity index (χ1v) is 5.47. The Morgan fingerprint density at radius 2 is 2.11 bits per heavy atom. The number of methoxy groups -OCH3 is 1. The third-order valence-electron chi connectivity index (χ3n) is 2.03. The molecule has 0 bridgehead atoms. The van der Waals surface area contributed by atoms with Gasteiger partial charge in [-0.05, 0) is 0 Å². The molecule has 0 aliphatic rings. The fraction of sp³-hybridized carbons (Fsp3) is 0.500. The summed E-state index contributed by atoms with van der Waals surface area (Å²) < 4.78 is 4.99. The van der Waals surface area contributed by atoms with Gasteiger partial charge in [0.15, 0.2) is 5.82 Å². The zero-order chi connectivity index (χ0) is 13.4. The first-order valence-electron chi connectivity index (χ1n) is 5.47. The molecule has 0 spiro atoms. The van der Waals surface area contributed by atoms with Gasteiger partial charge in [0.2, 0.25) is 0 Å². The number of nitrogens with two attached hydrogens (primary N) is 1. The molecule has 0 fully saturated rings. The van der Waals surface area contributed by atoms with E-state index in [1.807, 2.05) is 0 Å². The Morgan fingerprint density at radius 1 is 1.39 bits per heavy atom. The fourth-order valence-corrected chi connectivity index (χ4v) is 1.29. The number of carbonyl (C=O) groups excluding carboxylic acids is 1.